The zero-order chi connectivity index (χ0) is 20.8. The van der Waals surface area contributed by atoms with Gasteiger partial charge in [-0.2, -0.15) is 0 Å². The number of nitrogens with zero attached hydrogens (tertiary/aromatic N) is 4. The molecule has 0 saturated carbocycles. The first-order valence-electron chi connectivity index (χ1n) is 8.97. The second-order valence-corrected chi connectivity index (χ2v) is 7.60. The fourth-order valence-corrected chi connectivity index (χ4v) is 3.25. The minimum Gasteiger partial charge on any atom is -0.443 e. The second-order valence-electron chi connectivity index (χ2n) is 7.60. The fourth-order valence-electron chi connectivity index (χ4n) is 3.25. The van der Waals surface area contributed by atoms with E-state index in [0.29, 0.717) is 16.6 Å². The largest absolute Gasteiger partial charge is 0.443 e. The average molecular weight is 390 g/mol. The van der Waals surface area contributed by atoms with Crippen LogP contribution >= 0.6 is 0 Å². The minimum absolute atomic E-state index is 0.237. The molecule has 3 heterocycles. The molecule has 0 atom stereocenters. The number of carbonyl (C=O) groups is 1. The highest BCUT2D eigenvalue weighted by Gasteiger charge is 2.23. The van der Waals surface area contributed by atoms with E-state index in [0.717, 1.165) is 16.3 Å². The monoisotopic (exact) mass is 390 g/mol. The first kappa shape index (κ1) is 18.5. The summed E-state index contributed by atoms with van der Waals surface area (Å²) in [4.78, 5) is 31.4. The molecule has 8 heteroatoms. The summed E-state index contributed by atoms with van der Waals surface area (Å²) in [5.74, 6) is -0.237. The van der Waals surface area contributed by atoms with Gasteiger partial charge in [-0.25, -0.2) is 9.36 Å². The molecule has 8 nitrogen and oxygen atoms in total. The van der Waals surface area contributed by atoms with Gasteiger partial charge in [-0.05, 0) is 60.0 Å². The Morgan fingerprint density at radius 3 is 2.52 bits per heavy atom. The summed E-state index contributed by atoms with van der Waals surface area (Å²) in [5.41, 5.74) is 2.02. The van der Waals surface area contributed by atoms with Crippen LogP contribution in [0.25, 0.3) is 32.9 Å². The maximum absolute atomic E-state index is 13.0. The number of hydrogen-bond donors (Lipinski definition) is 0. The van der Waals surface area contributed by atoms with Crippen LogP contribution in [-0.4, -0.2) is 31.2 Å². The Morgan fingerprint density at radius 1 is 1.03 bits per heavy atom. The third kappa shape index (κ3) is 3.40. The molecule has 1 aromatic carbocycles. The van der Waals surface area contributed by atoms with Gasteiger partial charge in [0.05, 0.1) is 11.0 Å². The maximum atomic E-state index is 13.0. The molecule has 3 aromatic heterocycles. The Kier molecular flexibility index (Phi) is 4.26. The van der Waals surface area contributed by atoms with Crippen LogP contribution in [0, 0.1) is 10.1 Å². The SMILES string of the molecule is CC(C)(C)OC(=O)n1c2ccncc2c2ccc(-c3ccnc([N+](=O)[O-])c3)cc21. The zero-order valence-electron chi connectivity index (χ0n) is 16.1. The lowest BCUT2D eigenvalue weighted by Crippen LogP contribution is -2.27. The predicted octanol–water partition coefficient (Wildman–Crippen LogP) is 4.94. The van der Waals surface area contributed by atoms with Crippen LogP contribution < -0.4 is 0 Å². The highest BCUT2D eigenvalue weighted by atomic mass is 16.6. The summed E-state index contributed by atoms with van der Waals surface area (Å²) in [7, 11) is 0. The van der Waals surface area contributed by atoms with Crippen LogP contribution in [-0.2, 0) is 4.74 Å². The van der Waals surface area contributed by atoms with Crippen molar-refractivity contribution in [3.8, 4) is 11.1 Å². The van der Waals surface area contributed by atoms with Crippen molar-refractivity contribution in [2.45, 2.75) is 26.4 Å². The van der Waals surface area contributed by atoms with Gasteiger partial charge in [0.25, 0.3) is 0 Å². The second kappa shape index (κ2) is 6.66. The van der Waals surface area contributed by atoms with Gasteiger partial charge in [-0.15, -0.1) is 0 Å². The van der Waals surface area contributed by atoms with Gasteiger partial charge in [0.15, 0.2) is 0 Å². The Morgan fingerprint density at radius 2 is 1.79 bits per heavy atom. The molecule has 29 heavy (non-hydrogen) atoms. The number of nitro groups is 1. The number of fused-ring (bicyclic) bond motifs is 3. The van der Waals surface area contributed by atoms with Crippen molar-refractivity contribution in [1.82, 2.24) is 14.5 Å². The maximum Gasteiger partial charge on any atom is 0.419 e. The molecule has 0 saturated heterocycles. The molecule has 146 valence electrons. The summed E-state index contributed by atoms with van der Waals surface area (Å²) >= 11 is 0. The first-order chi connectivity index (χ1) is 13.7. The van der Waals surface area contributed by atoms with E-state index in [9.17, 15) is 14.9 Å². The topological polar surface area (TPSA) is 100 Å². The molecule has 4 aromatic rings. The molecular weight excluding hydrogens is 372 g/mol. The standard InChI is InChI=1S/C21H18N4O4/c1-21(2,3)29-20(26)24-17-7-8-22-12-16(17)15-5-4-13(10-18(15)24)14-6-9-23-19(11-14)25(27)28/h4-12H,1-3H3. The van der Waals surface area contributed by atoms with Crippen molar-refractivity contribution in [1.29, 1.82) is 0 Å². The molecule has 0 amide bonds. The lowest BCUT2D eigenvalue weighted by molar-refractivity contribution is -0.389. The number of benzene rings is 1. The molecule has 0 spiro atoms. The molecular formula is C21H18N4O4. The third-order valence-electron chi connectivity index (χ3n) is 4.41. The van der Waals surface area contributed by atoms with Gasteiger partial charge in [0.2, 0.25) is 0 Å². The van der Waals surface area contributed by atoms with Crippen LogP contribution in [0.2, 0.25) is 0 Å². The molecule has 0 aliphatic rings. The molecule has 0 bridgehead atoms. The van der Waals surface area contributed by atoms with Crippen molar-refractivity contribution in [2.75, 3.05) is 0 Å². The summed E-state index contributed by atoms with van der Waals surface area (Å²) in [6.07, 6.45) is 4.22. The predicted molar refractivity (Wildman–Crippen MR) is 109 cm³/mol. The van der Waals surface area contributed by atoms with Gasteiger partial charge >= 0.3 is 11.9 Å². The molecule has 0 N–H and O–H groups in total. The zero-order valence-corrected chi connectivity index (χ0v) is 16.1. The highest BCUT2D eigenvalue weighted by molar-refractivity contribution is 6.13. The molecule has 0 fully saturated rings. The van der Waals surface area contributed by atoms with Crippen molar-refractivity contribution in [3.63, 3.8) is 0 Å². The van der Waals surface area contributed by atoms with Crippen molar-refractivity contribution in [2.24, 2.45) is 0 Å². The number of rotatable bonds is 2. The van der Waals surface area contributed by atoms with Crippen LogP contribution in [0.3, 0.4) is 0 Å². The quantitative estimate of drug-likeness (QED) is 0.355. The van der Waals surface area contributed by atoms with Crippen molar-refractivity contribution < 1.29 is 14.5 Å². The number of carbonyl (C=O) groups excluding carboxylic acids is 1. The van der Waals surface area contributed by atoms with Crippen LogP contribution in [0.4, 0.5) is 10.6 Å². The summed E-state index contributed by atoms with van der Waals surface area (Å²) in [6, 6.07) is 10.4. The Labute approximate surface area is 165 Å². The molecule has 0 aliphatic carbocycles. The minimum atomic E-state index is -0.656. The Bertz CT molecular complexity index is 1270. The van der Waals surface area contributed by atoms with E-state index in [1.54, 1.807) is 24.5 Å². The van der Waals surface area contributed by atoms with E-state index >= 15 is 0 Å². The van der Waals surface area contributed by atoms with E-state index in [-0.39, 0.29) is 5.82 Å². The van der Waals surface area contributed by atoms with E-state index in [2.05, 4.69) is 9.97 Å². The first-order valence-corrected chi connectivity index (χ1v) is 8.97. The van der Waals surface area contributed by atoms with Crippen LogP contribution in [0.1, 0.15) is 20.8 Å². The van der Waals surface area contributed by atoms with Gasteiger partial charge in [-0.3, -0.25) is 4.98 Å². The van der Waals surface area contributed by atoms with E-state index in [4.69, 9.17) is 4.74 Å². The van der Waals surface area contributed by atoms with Crippen molar-refractivity contribution in [3.05, 3.63) is 65.1 Å². The molecule has 0 unspecified atom stereocenters. The summed E-state index contributed by atoms with van der Waals surface area (Å²) in [5, 5.41) is 12.7. The molecule has 0 radical (unpaired) electrons. The van der Waals surface area contributed by atoms with Gasteiger partial charge in [0.1, 0.15) is 11.8 Å². The number of hydrogen-bond acceptors (Lipinski definition) is 6. The van der Waals surface area contributed by atoms with Gasteiger partial charge < -0.3 is 14.9 Å². The fraction of sp³-hybridized carbons (Fsp3) is 0.190. The van der Waals surface area contributed by atoms with Crippen LogP contribution in [0.5, 0.6) is 0 Å². The van der Waals surface area contributed by atoms with Gasteiger partial charge in [-0.1, -0.05) is 12.1 Å². The van der Waals surface area contributed by atoms with Crippen LogP contribution in [0.15, 0.2) is 55.0 Å². The lowest BCUT2D eigenvalue weighted by atomic mass is 10.0. The normalized spacial score (nSPS) is 11.7. The average Bonchev–Trinajstić information content (AvgIpc) is 3.00. The third-order valence-corrected chi connectivity index (χ3v) is 4.41. The van der Waals surface area contributed by atoms with E-state index in [1.165, 1.54) is 16.8 Å². The van der Waals surface area contributed by atoms with E-state index < -0.39 is 16.6 Å². The lowest BCUT2D eigenvalue weighted by Gasteiger charge is -2.20. The number of pyridine rings is 2. The molecule has 0 aliphatic heterocycles. The Balaban J connectivity index is 1.95. The van der Waals surface area contributed by atoms with Gasteiger partial charge in [0, 0.05) is 29.2 Å². The van der Waals surface area contributed by atoms with Crippen molar-refractivity contribution >= 4 is 33.7 Å². The molecule has 4 rings (SSSR count). The Hall–Kier alpha value is -3.81. The smallest absolute Gasteiger partial charge is 0.419 e. The van der Waals surface area contributed by atoms with E-state index in [1.807, 2.05) is 39.0 Å². The highest BCUT2D eigenvalue weighted by Crippen LogP contribution is 2.33. The summed E-state index contributed by atoms with van der Waals surface area (Å²) in [6.45, 7) is 5.42. The number of aromatic nitrogens is 3. The number of ether oxygens (including phenoxy) is 1. The summed E-state index contributed by atoms with van der Waals surface area (Å²) < 4.78 is 7.11.